The molecule has 4 aromatic rings. The van der Waals surface area contributed by atoms with Crippen molar-refractivity contribution < 1.29 is 19.1 Å². The fraction of sp³-hybridized carbons (Fsp3) is 0.455. The zero-order chi connectivity index (χ0) is 25.9. The summed E-state index contributed by atoms with van der Waals surface area (Å²) in [6, 6.07) is 0. The number of H-pyrrole nitrogens is 1. The van der Waals surface area contributed by atoms with E-state index in [-0.39, 0.29) is 17.5 Å². The first-order valence-corrected chi connectivity index (χ1v) is 13.3. The van der Waals surface area contributed by atoms with Gasteiger partial charge >= 0.3 is 11.9 Å². The Labute approximate surface area is 219 Å². The lowest BCUT2D eigenvalue weighted by Crippen LogP contribution is -2.06. The zero-order valence-electron chi connectivity index (χ0n) is 19.8. The van der Waals surface area contributed by atoms with Crippen molar-refractivity contribution in [2.45, 2.75) is 52.4 Å². The van der Waals surface area contributed by atoms with E-state index in [1.54, 1.807) is 13.8 Å². The second-order valence-electron chi connectivity index (χ2n) is 7.24. The first-order chi connectivity index (χ1) is 17.4. The summed E-state index contributed by atoms with van der Waals surface area (Å²) in [5.41, 5.74) is 0.775. The van der Waals surface area contributed by atoms with Gasteiger partial charge in [-0.3, -0.25) is 14.4 Å². The number of halogens is 1. The van der Waals surface area contributed by atoms with Crippen LogP contribution in [0.25, 0.3) is 20.7 Å². The maximum absolute atomic E-state index is 11.4. The second kappa shape index (κ2) is 13.9. The Morgan fingerprint density at radius 2 is 1.44 bits per heavy atom. The molecule has 0 bridgehead atoms. The number of fused-ring (bicyclic) bond motifs is 2. The standard InChI is InChI=1S/C11H12ClN3O2S.C11H13N3O3S/c1-2-17-8(16)5-3-4-7-15-9-10(12)13-6-14-11(9)18-7;1-2-17-8(15)5-3-4-7-14-9-10(16)12-6-13-11(9)18-7/h6H,2-5H2,1H3;6H,2-5H2,1H3,(H,12,13,16). The minimum Gasteiger partial charge on any atom is -0.466 e. The van der Waals surface area contributed by atoms with Gasteiger partial charge in [0.15, 0.2) is 15.5 Å². The van der Waals surface area contributed by atoms with Gasteiger partial charge in [0.25, 0.3) is 5.56 Å². The molecular weight excluding hydrogens is 528 g/mol. The number of ether oxygens (including phenoxy) is 2. The van der Waals surface area contributed by atoms with Crippen molar-refractivity contribution in [3.63, 3.8) is 0 Å². The van der Waals surface area contributed by atoms with Crippen LogP contribution in [0.1, 0.15) is 49.5 Å². The fourth-order valence-corrected chi connectivity index (χ4v) is 5.15. The smallest absolute Gasteiger partial charge is 0.305 e. The van der Waals surface area contributed by atoms with Crippen molar-refractivity contribution >= 4 is 66.9 Å². The molecule has 0 aliphatic heterocycles. The number of esters is 2. The number of thiazole rings is 2. The van der Waals surface area contributed by atoms with E-state index in [0.717, 1.165) is 21.3 Å². The van der Waals surface area contributed by atoms with Crippen LogP contribution in [0, 0.1) is 0 Å². The Morgan fingerprint density at radius 1 is 0.889 bits per heavy atom. The molecule has 1 N–H and O–H groups in total. The third kappa shape index (κ3) is 8.00. The third-order valence-corrected chi connectivity index (χ3v) is 6.92. The number of aromatic nitrogens is 6. The van der Waals surface area contributed by atoms with Crippen LogP contribution in [0.2, 0.25) is 5.15 Å². The van der Waals surface area contributed by atoms with E-state index in [2.05, 4.69) is 29.9 Å². The average molecular weight is 553 g/mol. The van der Waals surface area contributed by atoms with E-state index < -0.39 is 0 Å². The number of carbonyl (C=O) groups excluding carboxylic acids is 2. The number of carbonyl (C=O) groups is 2. The molecular formula is C22H25ClN6O5S2. The van der Waals surface area contributed by atoms with Crippen LogP contribution < -0.4 is 5.56 Å². The van der Waals surface area contributed by atoms with Crippen LogP contribution >= 0.6 is 34.3 Å². The minimum absolute atomic E-state index is 0.170. The molecule has 4 aromatic heterocycles. The molecule has 0 aliphatic carbocycles. The van der Waals surface area contributed by atoms with Crippen molar-refractivity contribution in [1.29, 1.82) is 0 Å². The monoisotopic (exact) mass is 552 g/mol. The lowest BCUT2D eigenvalue weighted by molar-refractivity contribution is -0.144. The normalized spacial score (nSPS) is 10.8. The van der Waals surface area contributed by atoms with Gasteiger partial charge in [-0.2, -0.15) is 0 Å². The Balaban J connectivity index is 0.000000201. The molecule has 0 saturated heterocycles. The largest absolute Gasteiger partial charge is 0.466 e. The van der Waals surface area contributed by atoms with E-state index in [1.807, 2.05) is 0 Å². The third-order valence-electron chi connectivity index (χ3n) is 4.59. The minimum atomic E-state index is -0.229. The molecule has 0 radical (unpaired) electrons. The highest BCUT2D eigenvalue weighted by atomic mass is 35.5. The van der Waals surface area contributed by atoms with Gasteiger partial charge < -0.3 is 14.5 Å². The highest BCUT2D eigenvalue weighted by Crippen LogP contribution is 2.25. The molecule has 0 amide bonds. The Kier molecular flexibility index (Phi) is 10.6. The average Bonchev–Trinajstić information content (AvgIpc) is 3.45. The summed E-state index contributed by atoms with van der Waals surface area (Å²) in [7, 11) is 0. The summed E-state index contributed by atoms with van der Waals surface area (Å²) >= 11 is 8.77. The summed E-state index contributed by atoms with van der Waals surface area (Å²) in [5.74, 6) is -0.369. The van der Waals surface area contributed by atoms with Gasteiger partial charge in [-0.05, 0) is 39.5 Å². The summed E-state index contributed by atoms with van der Waals surface area (Å²) in [6.45, 7) is 4.40. The van der Waals surface area contributed by atoms with E-state index in [0.29, 0.717) is 66.3 Å². The number of hydrogen-bond acceptors (Lipinski definition) is 12. The quantitative estimate of drug-likeness (QED) is 0.226. The number of nitrogens with one attached hydrogen (secondary N) is 1. The molecule has 4 rings (SSSR count). The van der Waals surface area contributed by atoms with Gasteiger partial charge in [-0.25, -0.2) is 24.9 Å². The van der Waals surface area contributed by atoms with Crippen molar-refractivity contribution in [3.05, 3.63) is 38.2 Å². The molecule has 4 heterocycles. The maximum atomic E-state index is 11.4. The Bertz CT molecular complexity index is 1370. The van der Waals surface area contributed by atoms with Crippen LogP contribution in [0.15, 0.2) is 17.4 Å². The molecule has 14 heteroatoms. The van der Waals surface area contributed by atoms with E-state index in [1.165, 1.54) is 35.3 Å². The molecule has 11 nitrogen and oxygen atoms in total. The lowest BCUT2D eigenvalue weighted by Gasteiger charge is -1.99. The van der Waals surface area contributed by atoms with Crippen LogP contribution in [0.3, 0.4) is 0 Å². The van der Waals surface area contributed by atoms with Crippen LogP contribution in [-0.4, -0.2) is 55.1 Å². The molecule has 0 fully saturated rings. The van der Waals surface area contributed by atoms with Crippen molar-refractivity contribution in [1.82, 2.24) is 29.9 Å². The predicted molar refractivity (Wildman–Crippen MR) is 137 cm³/mol. The van der Waals surface area contributed by atoms with Crippen molar-refractivity contribution in [3.8, 4) is 0 Å². The number of hydrogen-bond donors (Lipinski definition) is 1. The van der Waals surface area contributed by atoms with Gasteiger partial charge in [0.1, 0.15) is 16.7 Å². The lowest BCUT2D eigenvalue weighted by atomic mass is 10.2. The predicted octanol–water partition coefficient (Wildman–Crippen LogP) is 3.89. The molecule has 0 atom stereocenters. The Hall–Kier alpha value is -3.03. The van der Waals surface area contributed by atoms with Crippen molar-refractivity contribution in [2.24, 2.45) is 0 Å². The van der Waals surface area contributed by atoms with Crippen LogP contribution in [0.4, 0.5) is 0 Å². The number of aryl methyl sites for hydroxylation is 2. The van der Waals surface area contributed by atoms with Crippen LogP contribution in [-0.2, 0) is 31.9 Å². The number of rotatable bonds is 10. The second-order valence-corrected chi connectivity index (χ2v) is 9.72. The van der Waals surface area contributed by atoms with E-state index in [9.17, 15) is 14.4 Å². The molecule has 0 aromatic carbocycles. The van der Waals surface area contributed by atoms with Crippen LogP contribution in [0.5, 0.6) is 0 Å². The highest BCUT2D eigenvalue weighted by molar-refractivity contribution is 7.18. The molecule has 192 valence electrons. The summed E-state index contributed by atoms with van der Waals surface area (Å²) in [4.78, 5) is 58.3. The van der Waals surface area contributed by atoms with Gasteiger partial charge in [0.05, 0.1) is 29.6 Å². The summed E-state index contributed by atoms with van der Waals surface area (Å²) in [5, 5.41) is 2.10. The maximum Gasteiger partial charge on any atom is 0.305 e. The zero-order valence-corrected chi connectivity index (χ0v) is 22.2. The molecule has 0 saturated carbocycles. The highest BCUT2D eigenvalue weighted by Gasteiger charge is 2.11. The topological polar surface area (TPSA) is 150 Å². The van der Waals surface area contributed by atoms with Gasteiger partial charge in [0.2, 0.25) is 0 Å². The first-order valence-electron chi connectivity index (χ1n) is 11.3. The summed E-state index contributed by atoms with van der Waals surface area (Å²) in [6.07, 6.45) is 6.31. The molecule has 0 spiro atoms. The first kappa shape index (κ1) is 27.6. The van der Waals surface area contributed by atoms with E-state index >= 15 is 0 Å². The number of aromatic amines is 1. The van der Waals surface area contributed by atoms with Gasteiger partial charge in [0, 0.05) is 12.8 Å². The number of nitrogens with zero attached hydrogens (tertiary/aromatic N) is 5. The Morgan fingerprint density at radius 3 is 1.97 bits per heavy atom. The van der Waals surface area contributed by atoms with Gasteiger partial charge in [-0.1, -0.05) is 34.3 Å². The molecule has 36 heavy (non-hydrogen) atoms. The molecule has 0 aliphatic rings. The van der Waals surface area contributed by atoms with Gasteiger partial charge in [-0.15, -0.1) is 0 Å². The van der Waals surface area contributed by atoms with Crippen molar-refractivity contribution in [2.75, 3.05) is 13.2 Å². The SMILES string of the molecule is CCOC(=O)CCCc1nc2c(=O)[nH]cnc2s1.CCOC(=O)CCCc1nc2c(Cl)ncnc2s1. The molecule has 0 unspecified atom stereocenters. The fourth-order valence-electron chi connectivity index (χ4n) is 3.03. The van der Waals surface area contributed by atoms with E-state index in [4.69, 9.17) is 21.1 Å². The summed E-state index contributed by atoms with van der Waals surface area (Å²) < 4.78 is 9.69.